The first kappa shape index (κ1) is 20.9. The summed E-state index contributed by atoms with van der Waals surface area (Å²) in [6, 6.07) is 12.3. The lowest BCUT2D eigenvalue weighted by Crippen LogP contribution is -2.20. The Balaban J connectivity index is 1.76. The Hall–Kier alpha value is -4.32. The highest BCUT2D eigenvalue weighted by Gasteiger charge is 2.15. The van der Waals surface area contributed by atoms with Crippen molar-refractivity contribution >= 4 is 17.3 Å². The van der Waals surface area contributed by atoms with Crippen molar-refractivity contribution in [2.45, 2.75) is 13.3 Å². The molecule has 0 spiro atoms. The van der Waals surface area contributed by atoms with Crippen LogP contribution in [0.15, 0.2) is 53.5 Å². The van der Waals surface area contributed by atoms with Crippen molar-refractivity contribution < 1.29 is 8.78 Å². The Morgan fingerprint density at radius 2 is 1.97 bits per heavy atom. The van der Waals surface area contributed by atoms with Gasteiger partial charge in [0.25, 0.3) is 5.56 Å². The molecular formula is C23H18F2N6O. The Morgan fingerprint density at radius 3 is 2.72 bits per heavy atom. The van der Waals surface area contributed by atoms with Gasteiger partial charge in [-0.15, -0.1) is 0 Å². The highest BCUT2D eigenvalue weighted by molar-refractivity contribution is 5.70. The summed E-state index contributed by atoms with van der Waals surface area (Å²) < 4.78 is 28.9. The summed E-state index contributed by atoms with van der Waals surface area (Å²) in [5.41, 5.74) is 7.77. The molecule has 0 aliphatic rings. The first-order valence-electron chi connectivity index (χ1n) is 9.75. The van der Waals surface area contributed by atoms with Gasteiger partial charge in [0.2, 0.25) is 5.95 Å². The first-order valence-corrected chi connectivity index (χ1v) is 9.75. The third-order valence-electron chi connectivity index (χ3n) is 5.04. The fraction of sp³-hybridized carbons (Fsp3) is 0.130. The molecule has 3 N–H and O–H groups in total. The molecule has 0 aliphatic heterocycles. The van der Waals surface area contributed by atoms with E-state index in [0.29, 0.717) is 41.1 Å². The maximum atomic E-state index is 13.9. The molecule has 0 fully saturated rings. The van der Waals surface area contributed by atoms with Gasteiger partial charge in [0.05, 0.1) is 11.3 Å². The highest BCUT2D eigenvalue weighted by atomic mass is 19.1. The van der Waals surface area contributed by atoms with E-state index < -0.39 is 17.2 Å². The second kappa shape index (κ2) is 8.43. The maximum absolute atomic E-state index is 13.9. The van der Waals surface area contributed by atoms with Crippen LogP contribution in [0.1, 0.15) is 16.8 Å². The number of nitrogens with one attached hydrogen (secondary N) is 1. The van der Waals surface area contributed by atoms with Crippen LogP contribution in [-0.4, -0.2) is 20.9 Å². The molecular weight excluding hydrogens is 414 g/mol. The van der Waals surface area contributed by atoms with Crippen molar-refractivity contribution in [3.63, 3.8) is 0 Å². The number of nitrogen functional groups attached to an aromatic ring is 1. The van der Waals surface area contributed by atoms with Crippen molar-refractivity contribution in [1.82, 2.24) is 14.4 Å². The summed E-state index contributed by atoms with van der Waals surface area (Å²) in [6.07, 6.45) is 1.46. The van der Waals surface area contributed by atoms with E-state index in [9.17, 15) is 18.8 Å². The zero-order valence-corrected chi connectivity index (χ0v) is 17.1. The number of nitrogens with zero attached hydrogens (tertiary/aromatic N) is 4. The average molecular weight is 432 g/mol. The van der Waals surface area contributed by atoms with Gasteiger partial charge in [0.1, 0.15) is 29.1 Å². The number of halogens is 2. The number of aromatic nitrogens is 3. The number of aryl methyl sites for hydroxylation is 1. The molecule has 0 bridgehead atoms. The van der Waals surface area contributed by atoms with Gasteiger partial charge in [-0.05, 0) is 54.8 Å². The largest absolute Gasteiger partial charge is 0.368 e. The van der Waals surface area contributed by atoms with E-state index >= 15 is 0 Å². The molecule has 7 nitrogen and oxygen atoms in total. The number of nitriles is 1. The van der Waals surface area contributed by atoms with Crippen LogP contribution in [0.4, 0.5) is 20.5 Å². The normalized spacial score (nSPS) is 10.8. The molecule has 0 unspecified atom stereocenters. The minimum atomic E-state index is -0.556. The average Bonchev–Trinajstić information content (AvgIpc) is 2.74. The van der Waals surface area contributed by atoms with Gasteiger partial charge < -0.3 is 11.1 Å². The van der Waals surface area contributed by atoms with Gasteiger partial charge in [-0.3, -0.25) is 9.20 Å². The third-order valence-corrected chi connectivity index (χ3v) is 5.04. The lowest BCUT2D eigenvalue weighted by molar-refractivity contribution is 0.618. The molecule has 0 amide bonds. The molecule has 9 heteroatoms. The van der Waals surface area contributed by atoms with Crippen molar-refractivity contribution in [1.29, 1.82) is 5.26 Å². The second-order valence-electron chi connectivity index (χ2n) is 7.18. The molecule has 0 atom stereocenters. The van der Waals surface area contributed by atoms with Gasteiger partial charge in [-0.25, -0.2) is 13.8 Å². The molecule has 4 rings (SSSR count). The zero-order valence-electron chi connectivity index (χ0n) is 17.1. The smallest absolute Gasteiger partial charge is 0.263 e. The van der Waals surface area contributed by atoms with Gasteiger partial charge in [0, 0.05) is 18.3 Å². The van der Waals surface area contributed by atoms with E-state index in [-0.39, 0.29) is 17.1 Å². The van der Waals surface area contributed by atoms with Gasteiger partial charge in [-0.2, -0.15) is 10.2 Å². The van der Waals surface area contributed by atoms with E-state index in [0.717, 1.165) is 6.20 Å². The first-order chi connectivity index (χ1) is 15.4. The molecule has 1 aromatic carbocycles. The van der Waals surface area contributed by atoms with Crippen LogP contribution in [0, 0.1) is 29.9 Å². The predicted molar refractivity (Wildman–Crippen MR) is 117 cm³/mol. The molecule has 3 aromatic heterocycles. The topological polar surface area (TPSA) is 109 Å². The SMILES string of the molecule is Cc1nc(N)nc(NCCc2cc3ccc(F)cn3c(=O)c2-c2cccc(F)c2)c1C#N. The lowest BCUT2D eigenvalue weighted by Gasteiger charge is -2.14. The number of benzene rings is 1. The van der Waals surface area contributed by atoms with Crippen molar-refractivity contribution in [3.8, 4) is 17.2 Å². The van der Waals surface area contributed by atoms with Crippen LogP contribution in [0.2, 0.25) is 0 Å². The van der Waals surface area contributed by atoms with Crippen LogP contribution in [0.3, 0.4) is 0 Å². The van der Waals surface area contributed by atoms with E-state index in [1.807, 2.05) is 6.07 Å². The zero-order chi connectivity index (χ0) is 22.8. The summed E-state index contributed by atoms with van der Waals surface area (Å²) in [7, 11) is 0. The maximum Gasteiger partial charge on any atom is 0.263 e. The van der Waals surface area contributed by atoms with Crippen molar-refractivity contribution in [2.24, 2.45) is 0 Å². The van der Waals surface area contributed by atoms with E-state index in [2.05, 4.69) is 15.3 Å². The van der Waals surface area contributed by atoms with Crippen LogP contribution in [-0.2, 0) is 6.42 Å². The number of nitrogens with two attached hydrogens (primary N) is 1. The molecule has 0 saturated carbocycles. The molecule has 0 aliphatic carbocycles. The molecule has 160 valence electrons. The fourth-order valence-corrected chi connectivity index (χ4v) is 3.61. The minimum absolute atomic E-state index is 0.0374. The minimum Gasteiger partial charge on any atom is -0.368 e. The Bertz CT molecular complexity index is 1440. The summed E-state index contributed by atoms with van der Waals surface area (Å²) >= 11 is 0. The lowest BCUT2D eigenvalue weighted by atomic mass is 9.98. The molecule has 4 aromatic rings. The summed E-state index contributed by atoms with van der Waals surface area (Å²) in [6.45, 7) is 1.97. The Kier molecular flexibility index (Phi) is 5.52. The van der Waals surface area contributed by atoms with Crippen LogP contribution in [0.5, 0.6) is 0 Å². The quantitative estimate of drug-likeness (QED) is 0.500. The Morgan fingerprint density at radius 1 is 1.16 bits per heavy atom. The van der Waals surface area contributed by atoms with E-state index in [1.165, 1.54) is 34.7 Å². The second-order valence-corrected chi connectivity index (χ2v) is 7.18. The van der Waals surface area contributed by atoms with E-state index in [1.54, 1.807) is 19.1 Å². The van der Waals surface area contributed by atoms with Gasteiger partial charge >= 0.3 is 0 Å². The summed E-state index contributed by atoms with van der Waals surface area (Å²) in [5, 5.41) is 12.4. The highest BCUT2D eigenvalue weighted by Crippen LogP contribution is 2.24. The number of pyridine rings is 2. The monoisotopic (exact) mass is 432 g/mol. The van der Waals surface area contributed by atoms with Crippen molar-refractivity contribution in [2.75, 3.05) is 17.6 Å². The van der Waals surface area contributed by atoms with Gasteiger partial charge in [0.15, 0.2) is 0 Å². The summed E-state index contributed by atoms with van der Waals surface area (Å²) in [5.74, 6) is -0.708. The Labute approximate surface area is 181 Å². The number of anilines is 2. The molecule has 0 radical (unpaired) electrons. The van der Waals surface area contributed by atoms with Crippen LogP contribution in [0.25, 0.3) is 16.6 Å². The third kappa shape index (κ3) is 3.98. The molecule has 32 heavy (non-hydrogen) atoms. The predicted octanol–water partition coefficient (Wildman–Crippen LogP) is 3.45. The molecule has 0 saturated heterocycles. The molecule has 3 heterocycles. The van der Waals surface area contributed by atoms with E-state index in [4.69, 9.17) is 5.73 Å². The van der Waals surface area contributed by atoms with Gasteiger partial charge in [-0.1, -0.05) is 12.1 Å². The standard InChI is InChI=1S/C23H18F2N6O/c1-13-19(11-26)21(30-23(27)29-13)28-8-7-15-10-18-6-5-17(25)12-31(18)22(32)20(15)14-3-2-4-16(24)9-14/h2-6,9-10,12H,7-8H2,1H3,(H3,27,28,29,30). The number of rotatable bonds is 5. The van der Waals surface area contributed by atoms with Crippen LogP contribution < -0.4 is 16.6 Å². The number of hydrogen-bond acceptors (Lipinski definition) is 6. The summed E-state index contributed by atoms with van der Waals surface area (Å²) in [4.78, 5) is 21.3. The van der Waals surface area contributed by atoms with Crippen molar-refractivity contribution in [3.05, 3.63) is 87.5 Å². The fourth-order valence-electron chi connectivity index (χ4n) is 3.61. The number of hydrogen-bond donors (Lipinski definition) is 2. The number of fused-ring (bicyclic) bond motifs is 1. The van der Waals surface area contributed by atoms with Crippen LogP contribution >= 0.6 is 0 Å².